The van der Waals surface area contributed by atoms with E-state index in [1.807, 2.05) is 49.6 Å². The minimum Gasteiger partial charge on any atom is -0.486 e. The Labute approximate surface area is 378 Å². The maximum absolute atomic E-state index is 8.31. The second kappa shape index (κ2) is 17.4. The molecule has 0 unspecified atom stereocenters. The quantitative estimate of drug-likeness (QED) is 0.117. The number of hydrogen-bond acceptors (Lipinski definition) is 5. The number of benzene rings is 4. The van der Waals surface area contributed by atoms with Crippen LogP contribution >= 0.6 is 0 Å². The molecule has 0 saturated heterocycles. The first kappa shape index (κ1) is 35.5. The predicted octanol–water partition coefficient (Wildman–Crippen LogP) is 13.1. The first-order valence-corrected chi connectivity index (χ1v) is 27.4. The molecule has 9 rings (SSSR count). The summed E-state index contributed by atoms with van der Waals surface area (Å²) in [6, 6.07) is 37.6. The van der Waals surface area contributed by atoms with Crippen LogP contribution in [0.15, 0.2) is 120 Å². The maximum atomic E-state index is 8.31. The molecule has 0 atom stereocenters. The van der Waals surface area contributed by atoms with E-state index in [1.165, 1.54) is 21.6 Å². The topological polar surface area (TPSA) is 69.6 Å². The molecule has 305 valence electrons. The van der Waals surface area contributed by atoms with Crippen molar-refractivity contribution in [1.29, 1.82) is 0 Å². The van der Waals surface area contributed by atoms with Crippen molar-refractivity contribution in [1.82, 2.24) is 24.5 Å². The van der Waals surface area contributed by atoms with Crippen LogP contribution in [0.3, 0.4) is 0 Å². The number of fused-ring (bicyclic) bond motifs is 4. The maximum Gasteiger partial charge on any atom is 0.216 e. The third-order valence-corrected chi connectivity index (χ3v) is 14.9. The minimum atomic E-state index is -2.37. The van der Waals surface area contributed by atoms with Gasteiger partial charge < -0.3 is 8.98 Å². The van der Waals surface area contributed by atoms with Gasteiger partial charge in [0.1, 0.15) is 0 Å². The molecule has 0 bridgehead atoms. The zero-order chi connectivity index (χ0) is 46.6. The van der Waals surface area contributed by atoms with Crippen LogP contribution in [0.2, 0.25) is 17.3 Å². The number of aromatic nitrogens is 5. The van der Waals surface area contributed by atoms with E-state index in [0.717, 1.165) is 44.8 Å². The van der Waals surface area contributed by atoms with Crippen molar-refractivity contribution < 1.29 is 32.7 Å². The molecule has 0 N–H and O–H groups in total. The van der Waals surface area contributed by atoms with Crippen molar-refractivity contribution in [2.45, 2.75) is 77.4 Å². The van der Waals surface area contributed by atoms with Gasteiger partial charge in [-0.1, -0.05) is 75.8 Å². The molecule has 0 saturated carbocycles. The molecule has 1 radical (unpaired) electrons. The summed E-state index contributed by atoms with van der Waals surface area (Å²) >= 11 is -1.83. The molecular formula is C52H51GeIrN5O-2. The monoisotopic (exact) mass is 1030 g/mol. The van der Waals surface area contributed by atoms with E-state index >= 15 is 0 Å². The van der Waals surface area contributed by atoms with Gasteiger partial charge in [0.25, 0.3) is 0 Å². The molecule has 60 heavy (non-hydrogen) atoms. The van der Waals surface area contributed by atoms with Gasteiger partial charge in [-0.25, -0.2) is 4.98 Å². The average Bonchev–Trinajstić information content (AvgIpc) is 3.84. The molecule has 0 amide bonds. The molecular weight excluding hydrogens is 975 g/mol. The zero-order valence-corrected chi connectivity index (χ0v) is 39.6. The van der Waals surface area contributed by atoms with Crippen molar-refractivity contribution in [2.24, 2.45) is 0 Å². The number of imidazole rings is 1. The van der Waals surface area contributed by atoms with Gasteiger partial charge in [-0.2, -0.15) is 0 Å². The Bertz CT molecular complexity index is 3090. The summed E-state index contributed by atoms with van der Waals surface area (Å²) in [5.41, 5.74) is 11.6. The van der Waals surface area contributed by atoms with E-state index in [-0.39, 0.29) is 37.5 Å². The first-order valence-electron chi connectivity index (χ1n) is 23.0. The molecule has 0 fully saturated rings. The molecule has 0 aliphatic rings. The van der Waals surface area contributed by atoms with Crippen LogP contribution in [-0.2, 0) is 20.1 Å². The minimum absolute atomic E-state index is 0. The Hall–Kier alpha value is -5.21. The van der Waals surface area contributed by atoms with Crippen LogP contribution in [0.1, 0.15) is 75.7 Å². The van der Waals surface area contributed by atoms with E-state index in [4.69, 9.17) is 17.6 Å². The van der Waals surface area contributed by atoms with Crippen molar-refractivity contribution in [3.05, 3.63) is 156 Å². The van der Waals surface area contributed by atoms with Crippen LogP contribution in [0.5, 0.6) is 0 Å². The summed E-state index contributed by atoms with van der Waals surface area (Å²) in [7, 11) is 0. The van der Waals surface area contributed by atoms with E-state index in [9.17, 15) is 0 Å². The summed E-state index contributed by atoms with van der Waals surface area (Å²) in [4.78, 5) is 18.7. The van der Waals surface area contributed by atoms with Gasteiger partial charge in [-0.15, -0.1) is 17.7 Å². The van der Waals surface area contributed by atoms with Gasteiger partial charge in [-0.3, -0.25) is 9.97 Å². The summed E-state index contributed by atoms with van der Waals surface area (Å²) in [5.74, 6) is 7.95. The zero-order valence-electron chi connectivity index (χ0n) is 41.1. The van der Waals surface area contributed by atoms with Gasteiger partial charge in [0.15, 0.2) is 0 Å². The normalized spacial score (nSPS) is 13.6. The molecule has 0 spiro atoms. The number of rotatable bonds is 7. The molecule has 5 heterocycles. The van der Waals surface area contributed by atoms with Crippen molar-refractivity contribution in [3.63, 3.8) is 0 Å². The van der Waals surface area contributed by atoms with Gasteiger partial charge in [0.05, 0.1) is 28.6 Å². The third-order valence-electron chi connectivity index (χ3n) is 10.7. The van der Waals surface area contributed by atoms with Crippen LogP contribution in [0, 0.1) is 32.8 Å². The predicted molar refractivity (Wildman–Crippen MR) is 248 cm³/mol. The van der Waals surface area contributed by atoms with E-state index in [0.29, 0.717) is 39.0 Å². The van der Waals surface area contributed by atoms with E-state index in [1.54, 1.807) is 24.4 Å². The molecule has 5 aromatic heterocycles. The number of aryl methyl sites for hydroxylation is 3. The summed E-state index contributed by atoms with van der Waals surface area (Å²) in [6.07, 6.45) is 5.52. The van der Waals surface area contributed by atoms with Crippen LogP contribution < -0.4 is 4.40 Å². The van der Waals surface area contributed by atoms with Gasteiger partial charge in [-0.05, 0) is 71.3 Å². The molecule has 0 aliphatic heterocycles. The molecule has 4 aromatic carbocycles. The smallest absolute Gasteiger partial charge is 0.216 e. The molecule has 6 nitrogen and oxygen atoms in total. The Kier molecular flexibility index (Phi) is 10.3. The second-order valence-corrected chi connectivity index (χ2v) is 27.3. The van der Waals surface area contributed by atoms with Crippen LogP contribution in [0.4, 0.5) is 0 Å². The Morgan fingerprint density at radius 1 is 0.783 bits per heavy atom. The molecule has 0 aliphatic carbocycles. The number of furan rings is 1. The van der Waals surface area contributed by atoms with Crippen molar-refractivity contribution >= 4 is 50.8 Å². The van der Waals surface area contributed by atoms with Gasteiger partial charge in [0.2, 0.25) is 5.71 Å². The third kappa shape index (κ3) is 8.41. The largest absolute Gasteiger partial charge is 0.486 e. The fourth-order valence-electron chi connectivity index (χ4n) is 7.48. The standard InChI is InChI=1S/C37H33N4O.C15H18GeN.Ir/c1-21(2)29-18-26(25-10-8-7-9-11-25)19-30(22(3)4)34(29)41-32-20-38-17-16-31(32)40-36(41)28-14-12-23(5)33-27-15-13-24(6)39-37(27)42-35(28)33;1-12-5-7-13(8-6-12)15-10-9-14(11-17-15)16(2,3)4;/h7-13,15-22H,1-6H3;5-7,9-11H,1-4H3;/q2*-1;/i5D3;1D3;. The van der Waals surface area contributed by atoms with Crippen molar-refractivity contribution in [3.8, 4) is 39.5 Å². The Balaban J connectivity index is 0.000000260. The average molecular weight is 1030 g/mol. The summed E-state index contributed by atoms with van der Waals surface area (Å²) in [5, 5.41) is 1.16. The summed E-state index contributed by atoms with van der Waals surface area (Å²) in [6.45, 7) is 6.26. The molecule has 9 aromatic rings. The van der Waals surface area contributed by atoms with Crippen LogP contribution in [0.25, 0.3) is 72.6 Å². The second-order valence-electron chi connectivity index (χ2n) is 16.7. The Morgan fingerprint density at radius 2 is 1.55 bits per heavy atom. The number of pyridine rings is 3. The number of nitrogens with zero attached hydrogens (tertiary/aromatic N) is 5. The fourth-order valence-corrected chi connectivity index (χ4v) is 9.65. The first-order chi connectivity index (χ1) is 30.7. The SMILES string of the molecule is [2H]C([2H])([2H])c1c[c-]c(-c2cc[c]([Ge]([CH3])([CH3])[CH3])cn2)cc1.[2H]C([2H])([2H])c1c[c-]c(-c2nc3ccncc3n2-c2c(C(C)C)cc(-c3ccccc3)cc2C(C)C)c2oc3nc(C)ccc3c12.[Ir]. The van der Waals surface area contributed by atoms with Crippen LogP contribution in [-0.4, -0.2) is 37.8 Å². The van der Waals surface area contributed by atoms with Gasteiger partial charge in [0, 0.05) is 47.2 Å². The molecule has 8 heteroatoms. The Morgan fingerprint density at radius 3 is 2.18 bits per heavy atom. The van der Waals surface area contributed by atoms with E-state index < -0.39 is 27.0 Å². The summed E-state index contributed by atoms with van der Waals surface area (Å²) < 4.78 is 56.9. The fraction of sp³-hybridized carbons (Fsp3) is 0.231. The van der Waals surface area contributed by atoms with Crippen molar-refractivity contribution in [2.75, 3.05) is 0 Å². The van der Waals surface area contributed by atoms with Gasteiger partial charge >= 0.3 is 110 Å². The van der Waals surface area contributed by atoms with E-state index in [2.05, 4.69) is 119 Å². The number of hydrogen-bond donors (Lipinski definition) is 0.